The SMILES string of the molecule is CC(C(=O)N1CCN(S(=O)(=O)c2cc(Cl)ccc2Cl)CC1)n1cncn1. The number of carbonyl (C=O) groups excluding carboxylic acids is 1. The van der Waals surface area contributed by atoms with Crippen LogP contribution in [0.5, 0.6) is 0 Å². The summed E-state index contributed by atoms with van der Waals surface area (Å²) in [5.74, 6) is -0.131. The predicted octanol–water partition coefficient (Wildman–Crippen LogP) is 1.68. The lowest BCUT2D eigenvalue weighted by Crippen LogP contribution is -2.51. The van der Waals surface area contributed by atoms with E-state index in [4.69, 9.17) is 23.2 Å². The van der Waals surface area contributed by atoms with Gasteiger partial charge in [-0.05, 0) is 25.1 Å². The second-order valence-electron chi connectivity index (χ2n) is 5.86. The number of rotatable bonds is 4. The highest BCUT2D eigenvalue weighted by atomic mass is 35.5. The van der Waals surface area contributed by atoms with Gasteiger partial charge in [-0.25, -0.2) is 18.1 Å². The van der Waals surface area contributed by atoms with Crippen LogP contribution in [0.1, 0.15) is 13.0 Å². The second kappa shape index (κ2) is 7.51. The van der Waals surface area contributed by atoms with Gasteiger partial charge in [0, 0.05) is 31.2 Å². The van der Waals surface area contributed by atoms with E-state index in [-0.39, 0.29) is 42.0 Å². The molecule has 2 aromatic rings. The maximum Gasteiger partial charge on any atom is 0.247 e. The summed E-state index contributed by atoms with van der Waals surface area (Å²) < 4.78 is 28.4. The molecule has 0 radical (unpaired) electrons. The fourth-order valence-corrected chi connectivity index (χ4v) is 4.92. The molecule has 3 rings (SSSR count). The van der Waals surface area contributed by atoms with Crippen molar-refractivity contribution in [2.24, 2.45) is 0 Å². The number of benzene rings is 1. The maximum absolute atomic E-state index is 12.8. The van der Waals surface area contributed by atoms with Gasteiger partial charge in [-0.15, -0.1) is 0 Å². The third-order valence-corrected chi connectivity index (χ3v) is 6.87. The fraction of sp³-hybridized carbons (Fsp3) is 0.400. The van der Waals surface area contributed by atoms with Crippen molar-refractivity contribution >= 4 is 39.1 Å². The highest BCUT2D eigenvalue weighted by molar-refractivity contribution is 7.89. The van der Waals surface area contributed by atoms with E-state index in [1.807, 2.05) is 0 Å². The Morgan fingerprint density at radius 2 is 1.88 bits per heavy atom. The first kappa shape index (κ1) is 19.1. The summed E-state index contributed by atoms with van der Waals surface area (Å²) in [6.45, 7) is 2.67. The van der Waals surface area contributed by atoms with Crippen LogP contribution in [-0.4, -0.2) is 64.5 Å². The van der Waals surface area contributed by atoms with E-state index < -0.39 is 16.1 Å². The maximum atomic E-state index is 12.8. The average molecular weight is 418 g/mol. The lowest BCUT2D eigenvalue weighted by molar-refractivity contribution is -0.135. The predicted molar refractivity (Wildman–Crippen MR) is 96.5 cm³/mol. The number of sulfonamides is 1. The molecule has 0 N–H and O–H groups in total. The van der Waals surface area contributed by atoms with E-state index in [1.165, 1.54) is 39.8 Å². The number of amides is 1. The molecule has 1 saturated heterocycles. The first-order valence-electron chi connectivity index (χ1n) is 7.89. The van der Waals surface area contributed by atoms with E-state index in [0.29, 0.717) is 5.02 Å². The first-order chi connectivity index (χ1) is 12.3. The highest BCUT2D eigenvalue weighted by Gasteiger charge is 2.33. The molecule has 0 saturated carbocycles. The lowest BCUT2D eigenvalue weighted by Gasteiger charge is -2.35. The molecular formula is C15H17Cl2N5O3S. The molecular weight excluding hydrogens is 401 g/mol. The van der Waals surface area contributed by atoms with E-state index >= 15 is 0 Å². The van der Waals surface area contributed by atoms with Crippen molar-refractivity contribution in [1.29, 1.82) is 0 Å². The Kier molecular flexibility index (Phi) is 5.52. The normalized spacial score (nSPS) is 17.3. The van der Waals surface area contributed by atoms with Gasteiger partial charge in [0.05, 0.1) is 5.02 Å². The van der Waals surface area contributed by atoms with Crippen LogP contribution in [0.2, 0.25) is 10.0 Å². The molecule has 26 heavy (non-hydrogen) atoms. The molecule has 140 valence electrons. The van der Waals surface area contributed by atoms with Gasteiger partial charge in [-0.3, -0.25) is 4.79 Å². The lowest BCUT2D eigenvalue weighted by atomic mass is 10.2. The van der Waals surface area contributed by atoms with Gasteiger partial charge in [0.15, 0.2) is 0 Å². The molecule has 0 bridgehead atoms. The fourth-order valence-electron chi connectivity index (χ4n) is 2.76. The third-order valence-electron chi connectivity index (χ3n) is 4.25. The number of piperazine rings is 1. The molecule has 1 aromatic heterocycles. The molecule has 2 heterocycles. The summed E-state index contributed by atoms with van der Waals surface area (Å²) in [5.41, 5.74) is 0. The van der Waals surface area contributed by atoms with Crippen LogP contribution in [0.25, 0.3) is 0 Å². The molecule has 1 aromatic carbocycles. The van der Waals surface area contributed by atoms with Crippen LogP contribution in [0, 0.1) is 0 Å². The van der Waals surface area contributed by atoms with Crippen LogP contribution < -0.4 is 0 Å². The number of halogens is 2. The molecule has 1 aliphatic heterocycles. The number of hydrogen-bond donors (Lipinski definition) is 0. The first-order valence-corrected chi connectivity index (χ1v) is 10.1. The molecule has 11 heteroatoms. The van der Waals surface area contributed by atoms with Crippen LogP contribution in [-0.2, 0) is 14.8 Å². The van der Waals surface area contributed by atoms with Crippen molar-refractivity contribution in [3.63, 3.8) is 0 Å². The van der Waals surface area contributed by atoms with Crippen molar-refractivity contribution in [2.45, 2.75) is 17.9 Å². The molecule has 8 nitrogen and oxygen atoms in total. The van der Waals surface area contributed by atoms with Crippen LogP contribution in [0.3, 0.4) is 0 Å². The van der Waals surface area contributed by atoms with Crippen molar-refractivity contribution < 1.29 is 13.2 Å². The van der Waals surface area contributed by atoms with Crippen molar-refractivity contribution in [3.8, 4) is 0 Å². The molecule has 1 atom stereocenters. The Morgan fingerprint density at radius 1 is 1.19 bits per heavy atom. The van der Waals surface area contributed by atoms with Gasteiger partial charge in [0.1, 0.15) is 23.6 Å². The summed E-state index contributed by atoms with van der Waals surface area (Å²) >= 11 is 11.9. The minimum atomic E-state index is -3.78. The minimum absolute atomic E-state index is 0.0255. The van der Waals surface area contributed by atoms with Crippen molar-refractivity contribution in [3.05, 3.63) is 40.9 Å². The number of carbonyl (C=O) groups is 1. The average Bonchev–Trinajstić information content (AvgIpc) is 3.17. The molecule has 1 aliphatic rings. The molecule has 0 spiro atoms. The van der Waals surface area contributed by atoms with Gasteiger partial charge in [-0.1, -0.05) is 23.2 Å². The minimum Gasteiger partial charge on any atom is -0.338 e. The summed E-state index contributed by atoms with van der Waals surface area (Å²) in [4.78, 5) is 18.0. The zero-order chi connectivity index (χ0) is 18.9. The van der Waals surface area contributed by atoms with Gasteiger partial charge < -0.3 is 4.90 Å². The Balaban J connectivity index is 1.70. The molecule has 1 fully saturated rings. The zero-order valence-corrected chi connectivity index (χ0v) is 16.2. The molecule has 0 aliphatic carbocycles. The Hall–Kier alpha value is -1.68. The summed E-state index contributed by atoms with van der Waals surface area (Å²) in [6, 6.07) is 3.83. The monoisotopic (exact) mass is 417 g/mol. The largest absolute Gasteiger partial charge is 0.338 e. The second-order valence-corrected chi connectivity index (χ2v) is 8.61. The van der Waals surface area contributed by atoms with E-state index in [0.717, 1.165) is 0 Å². The third kappa shape index (κ3) is 3.71. The summed E-state index contributed by atoms with van der Waals surface area (Å²) in [7, 11) is -3.78. The number of hydrogen-bond acceptors (Lipinski definition) is 5. The van der Waals surface area contributed by atoms with Crippen molar-refractivity contribution in [1.82, 2.24) is 24.0 Å². The smallest absolute Gasteiger partial charge is 0.247 e. The highest BCUT2D eigenvalue weighted by Crippen LogP contribution is 2.28. The Morgan fingerprint density at radius 3 is 2.50 bits per heavy atom. The van der Waals surface area contributed by atoms with Crippen LogP contribution in [0.4, 0.5) is 0 Å². The number of nitrogens with zero attached hydrogens (tertiary/aromatic N) is 5. The van der Waals surface area contributed by atoms with Gasteiger partial charge in [0.25, 0.3) is 0 Å². The number of aromatic nitrogens is 3. The van der Waals surface area contributed by atoms with E-state index in [1.54, 1.807) is 11.8 Å². The Labute approximate surface area is 161 Å². The Bertz CT molecular complexity index is 896. The summed E-state index contributed by atoms with van der Waals surface area (Å²) in [5, 5.41) is 4.38. The molecule has 1 unspecified atom stereocenters. The van der Waals surface area contributed by atoms with Crippen LogP contribution >= 0.6 is 23.2 Å². The zero-order valence-electron chi connectivity index (χ0n) is 13.9. The molecule has 1 amide bonds. The summed E-state index contributed by atoms with van der Waals surface area (Å²) in [6.07, 6.45) is 2.84. The van der Waals surface area contributed by atoms with Crippen LogP contribution in [0.15, 0.2) is 35.7 Å². The van der Waals surface area contributed by atoms with E-state index in [2.05, 4.69) is 10.1 Å². The van der Waals surface area contributed by atoms with Gasteiger partial charge in [0.2, 0.25) is 15.9 Å². The van der Waals surface area contributed by atoms with Gasteiger partial charge in [-0.2, -0.15) is 9.40 Å². The topological polar surface area (TPSA) is 88.4 Å². The quantitative estimate of drug-likeness (QED) is 0.754. The standard InChI is InChI=1S/C15H17Cl2N5O3S/c1-11(22-10-18-9-19-22)15(23)20-4-6-21(7-5-20)26(24,25)14-8-12(16)2-3-13(14)17/h2-3,8-11H,4-7H2,1H3. The van der Waals surface area contributed by atoms with Crippen molar-refractivity contribution in [2.75, 3.05) is 26.2 Å². The van der Waals surface area contributed by atoms with Gasteiger partial charge >= 0.3 is 0 Å². The van der Waals surface area contributed by atoms with E-state index in [9.17, 15) is 13.2 Å².